The summed E-state index contributed by atoms with van der Waals surface area (Å²) in [7, 11) is 3.13. The zero-order valence-electron chi connectivity index (χ0n) is 32.1. The lowest BCUT2D eigenvalue weighted by molar-refractivity contribution is -0.145. The van der Waals surface area contributed by atoms with Gasteiger partial charge < -0.3 is 35.8 Å². The quantitative estimate of drug-likeness (QED) is 0.224. The smallest absolute Gasteiger partial charge is 0.408 e. The van der Waals surface area contributed by atoms with Crippen molar-refractivity contribution in [2.45, 2.75) is 104 Å². The average molecular weight is 725 g/mol. The summed E-state index contributed by atoms with van der Waals surface area (Å²) in [5.74, 6) is -3.99. The minimum absolute atomic E-state index is 0.0350. The molecular weight excluding hydrogens is 668 g/mol. The molecule has 3 fully saturated rings. The lowest BCUT2D eigenvalue weighted by Gasteiger charge is -2.38. The van der Waals surface area contributed by atoms with Gasteiger partial charge in [0.15, 0.2) is 0 Å². The Balaban J connectivity index is 1.46. The molecule has 14 nitrogen and oxygen atoms in total. The van der Waals surface area contributed by atoms with Crippen LogP contribution in [0.2, 0.25) is 0 Å². The standard InChI is InChI=1S/C38H56N6O8/c1-36(2,3)30(42-35(51)52-37(4,5)6)34(50)44-20-23-26(38(23,7)8)28(44)31(47)40-24(18-21-16-17-21)29(46)32(48)39-19-25(45)41-27(33(49)43(9)10)22-14-12-11-13-15-22/h11-15,21,23-24,26-28,30H,16-20H2,1-10H3,(H,39,48)(H,40,47)(H,41,45)(H,42,51)/t23?,24?,26-,27-,28-,30+/m0/s1. The zero-order chi connectivity index (χ0) is 38.9. The lowest BCUT2D eigenvalue weighted by atomic mass is 9.85. The van der Waals surface area contributed by atoms with Gasteiger partial charge in [-0.1, -0.05) is 77.8 Å². The fourth-order valence-corrected chi connectivity index (χ4v) is 7.04. The Kier molecular flexibility index (Phi) is 11.8. The number of fused-ring (bicyclic) bond motifs is 1. The van der Waals surface area contributed by atoms with E-state index < -0.39 is 77.2 Å². The van der Waals surface area contributed by atoms with Crippen LogP contribution in [0.4, 0.5) is 4.79 Å². The average Bonchev–Trinajstić information content (AvgIpc) is 3.90. The maximum Gasteiger partial charge on any atom is 0.408 e. The molecule has 286 valence electrons. The normalized spacial score (nSPS) is 22.1. The molecule has 1 heterocycles. The van der Waals surface area contributed by atoms with E-state index in [1.165, 1.54) is 9.80 Å². The van der Waals surface area contributed by atoms with Gasteiger partial charge in [0.2, 0.25) is 29.4 Å². The van der Waals surface area contributed by atoms with Crippen LogP contribution >= 0.6 is 0 Å². The van der Waals surface area contributed by atoms with Crippen LogP contribution in [-0.4, -0.2) is 102 Å². The van der Waals surface area contributed by atoms with Crippen LogP contribution in [0.15, 0.2) is 30.3 Å². The predicted octanol–water partition coefficient (Wildman–Crippen LogP) is 2.32. The van der Waals surface area contributed by atoms with Gasteiger partial charge in [0.05, 0.1) is 12.6 Å². The second-order valence-corrected chi connectivity index (χ2v) is 17.3. The summed E-state index contributed by atoms with van der Waals surface area (Å²) in [6.45, 7) is 14.4. The van der Waals surface area contributed by atoms with Crippen LogP contribution in [0, 0.1) is 28.6 Å². The summed E-state index contributed by atoms with van der Waals surface area (Å²) >= 11 is 0. The van der Waals surface area contributed by atoms with E-state index in [0.717, 1.165) is 12.8 Å². The molecule has 0 bridgehead atoms. The molecule has 1 saturated heterocycles. The van der Waals surface area contributed by atoms with Crippen molar-refractivity contribution in [3.05, 3.63) is 35.9 Å². The van der Waals surface area contributed by atoms with E-state index >= 15 is 0 Å². The van der Waals surface area contributed by atoms with Gasteiger partial charge in [-0.15, -0.1) is 0 Å². The van der Waals surface area contributed by atoms with Crippen LogP contribution in [0.25, 0.3) is 0 Å². The SMILES string of the molecule is CN(C)C(=O)[C@@H](NC(=O)CNC(=O)C(=O)C(CC1CC1)NC(=O)[C@@H]1[C@@H]2C(CN1C(=O)[C@@H](NC(=O)OC(C)(C)C)C(C)(C)C)C2(C)C)c1ccccc1. The molecular formula is C38H56N6O8. The molecule has 4 rings (SSSR count). The van der Waals surface area contributed by atoms with Gasteiger partial charge in [0, 0.05) is 20.6 Å². The Hall–Kier alpha value is -4.49. The van der Waals surface area contributed by atoms with Gasteiger partial charge in [0.25, 0.3) is 5.91 Å². The number of Topliss-reactive ketones (excluding diaryl/α,β-unsaturated/α-hetero) is 1. The highest BCUT2D eigenvalue weighted by atomic mass is 16.6. The van der Waals surface area contributed by atoms with Crippen LogP contribution in [0.3, 0.4) is 0 Å². The number of piperidine rings is 1. The number of likely N-dealkylation sites (tertiary alicyclic amines) is 1. The molecule has 0 radical (unpaired) electrons. The van der Waals surface area contributed by atoms with Crippen molar-refractivity contribution in [2.24, 2.45) is 28.6 Å². The number of alkyl carbamates (subject to hydrolysis) is 1. The Morgan fingerprint density at radius 1 is 0.923 bits per heavy atom. The third-order valence-corrected chi connectivity index (χ3v) is 10.2. The number of ketones is 1. The largest absolute Gasteiger partial charge is 0.444 e. The molecule has 1 aromatic carbocycles. The molecule has 6 amide bonds. The fraction of sp³-hybridized carbons (Fsp3) is 0.658. The molecule has 1 aliphatic heterocycles. The molecule has 0 aromatic heterocycles. The van der Waals surface area contributed by atoms with Gasteiger partial charge in [-0.3, -0.25) is 28.8 Å². The van der Waals surface area contributed by atoms with E-state index in [0.29, 0.717) is 12.1 Å². The third kappa shape index (κ3) is 9.68. The number of nitrogens with zero attached hydrogens (tertiary/aromatic N) is 2. The van der Waals surface area contributed by atoms with Crippen LogP contribution in [-0.2, 0) is 33.5 Å². The third-order valence-electron chi connectivity index (χ3n) is 10.2. The molecule has 14 heteroatoms. The lowest BCUT2D eigenvalue weighted by Crippen LogP contribution is -2.61. The van der Waals surface area contributed by atoms with Gasteiger partial charge >= 0.3 is 6.09 Å². The number of hydrogen-bond acceptors (Lipinski definition) is 8. The second kappa shape index (κ2) is 15.2. The number of benzene rings is 1. The Labute approximate surface area is 306 Å². The molecule has 4 N–H and O–H groups in total. The topological polar surface area (TPSA) is 183 Å². The first-order valence-electron chi connectivity index (χ1n) is 18.0. The molecule has 0 spiro atoms. The molecule has 52 heavy (non-hydrogen) atoms. The number of rotatable bonds is 13. The monoisotopic (exact) mass is 724 g/mol. The van der Waals surface area contributed by atoms with Crippen molar-refractivity contribution >= 4 is 41.4 Å². The number of likely N-dealkylation sites (N-methyl/N-ethyl adjacent to an activating group) is 1. The van der Waals surface area contributed by atoms with E-state index in [-0.39, 0.29) is 35.5 Å². The molecule has 3 aliphatic rings. The van der Waals surface area contributed by atoms with Gasteiger partial charge in [-0.05, 0) is 61.3 Å². The number of ether oxygens (including phenoxy) is 1. The van der Waals surface area contributed by atoms with Gasteiger partial charge in [0.1, 0.15) is 23.7 Å². The van der Waals surface area contributed by atoms with E-state index in [1.807, 2.05) is 34.6 Å². The summed E-state index contributed by atoms with van der Waals surface area (Å²) in [6.07, 6.45) is 1.18. The summed E-state index contributed by atoms with van der Waals surface area (Å²) in [4.78, 5) is 96.4. The Bertz CT molecular complexity index is 1560. The van der Waals surface area contributed by atoms with Gasteiger partial charge in [-0.2, -0.15) is 0 Å². The van der Waals surface area contributed by atoms with E-state index in [2.05, 4.69) is 21.3 Å². The minimum Gasteiger partial charge on any atom is -0.444 e. The van der Waals surface area contributed by atoms with Crippen LogP contribution in [0.1, 0.15) is 86.3 Å². The molecule has 2 aliphatic carbocycles. The first-order chi connectivity index (χ1) is 24.0. The fourth-order valence-electron chi connectivity index (χ4n) is 7.04. The van der Waals surface area contributed by atoms with Crippen molar-refractivity contribution in [1.82, 2.24) is 31.1 Å². The number of carbonyl (C=O) groups excluding carboxylic acids is 7. The number of nitrogens with one attached hydrogen (secondary N) is 4. The van der Waals surface area contributed by atoms with Crippen molar-refractivity contribution in [2.75, 3.05) is 27.2 Å². The minimum atomic E-state index is -1.17. The highest BCUT2D eigenvalue weighted by Gasteiger charge is 2.70. The van der Waals surface area contributed by atoms with Crippen molar-refractivity contribution in [1.29, 1.82) is 0 Å². The maximum atomic E-state index is 14.2. The van der Waals surface area contributed by atoms with Gasteiger partial charge in [-0.25, -0.2) is 4.79 Å². The van der Waals surface area contributed by atoms with Crippen molar-refractivity contribution < 1.29 is 38.3 Å². The number of hydrogen-bond donors (Lipinski definition) is 4. The van der Waals surface area contributed by atoms with E-state index in [9.17, 15) is 33.6 Å². The summed E-state index contributed by atoms with van der Waals surface area (Å²) in [5, 5.41) is 10.5. The predicted molar refractivity (Wildman–Crippen MR) is 192 cm³/mol. The van der Waals surface area contributed by atoms with Crippen LogP contribution < -0.4 is 21.3 Å². The number of amides is 6. The molecule has 2 unspecified atom stereocenters. The summed E-state index contributed by atoms with van der Waals surface area (Å²) in [6, 6.07) is 4.55. The maximum absolute atomic E-state index is 14.2. The number of carbonyl (C=O) groups is 7. The first kappa shape index (κ1) is 40.3. The van der Waals surface area contributed by atoms with Crippen LogP contribution in [0.5, 0.6) is 0 Å². The zero-order valence-corrected chi connectivity index (χ0v) is 32.1. The molecule has 2 saturated carbocycles. The molecule has 6 atom stereocenters. The highest BCUT2D eigenvalue weighted by Crippen LogP contribution is 2.65. The Morgan fingerprint density at radius 2 is 1.54 bits per heavy atom. The summed E-state index contributed by atoms with van der Waals surface area (Å²) in [5.41, 5.74) is -1.20. The van der Waals surface area contributed by atoms with Crippen molar-refractivity contribution in [3.8, 4) is 0 Å². The Morgan fingerprint density at radius 3 is 2.08 bits per heavy atom. The summed E-state index contributed by atoms with van der Waals surface area (Å²) < 4.78 is 5.43. The highest BCUT2D eigenvalue weighted by molar-refractivity contribution is 6.38. The van der Waals surface area contributed by atoms with Crippen molar-refractivity contribution in [3.63, 3.8) is 0 Å². The molecule has 1 aromatic rings. The van der Waals surface area contributed by atoms with E-state index in [1.54, 1.807) is 65.2 Å². The van der Waals surface area contributed by atoms with E-state index in [4.69, 9.17) is 4.74 Å². The second-order valence-electron chi connectivity index (χ2n) is 17.3. The first-order valence-corrected chi connectivity index (χ1v) is 18.0.